The molecule has 16 heavy (non-hydrogen) atoms. The van der Waals surface area contributed by atoms with Gasteiger partial charge in [-0.1, -0.05) is 30.7 Å². The second kappa shape index (κ2) is 5.26. The van der Waals surface area contributed by atoms with Crippen molar-refractivity contribution in [1.29, 1.82) is 0 Å². The molecule has 88 valence electrons. The molecule has 0 aliphatic rings. The molecule has 0 spiro atoms. The number of rotatable bonds is 5. The van der Waals surface area contributed by atoms with Crippen molar-refractivity contribution in [2.75, 3.05) is 6.61 Å². The zero-order valence-corrected chi connectivity index (χ0v) is 10.5. The largest absolute Gasteiger partial charge is 0.367 e. The van der Waals surface area contributed by atoms with Crippen LogP contribution in [0.15, 0.2) is 24.3 Å². The summed E-state index contributed by atoms with van der Waals surface area (Å²) >= 11 is 0. The molecule has 1 atom stereocenters. The van der Waals surface area contributed by atoms with Gasteiger partial charge in [0.15, 0.2) is 5.78 Å². The maximum Gasteiger partial charge on any atom is 0.194 e. The van der Waals surface area contributed by atoms with Gasteiger partial charge in [0.1, 0.15) is 5.60 Å². The zero-order valence-electron chi connectivity index (χ0n) is 10.5. The minimum atomic E-state index is -0.692. The molecule has 1 aromatic rings. The molecular weight excluding hydrogens is 200 g/mol. The van der Waals surface area contributed by atoms with Crippen molar-refractivity contribution in [2.24, 2.45) is 0 Å². The molecule has 0 aliphatic heterocycles. The van der Waals surface area contributed by atoms with Crippen molar-refractivity contribution < 1.29 is 9.53 Å². The van der Waals surface area contributed by atoms with Crippen LogP contribution in [0.3, 0.4) is 0 Å². The van der Waals surface area contributed by atoms with Gasteiger partial charge in [0.05, 0.1) is 0 Å². The van der Waals surface area contributed by atoms with E-state index in [1.807, 2.05) is 52.0 Å². The van der Waals surface area contributed by atoms with Gasteiger partial charge in [-0.3, -0.25) is 4.79 Å². The Morgan fingerprint density at radius 1 is 1.38 bits per heavy atom. The Bertz CT molecular complexity index is 371. The molecule has 2 nitrogen and oxygen atoms in total. The Balaban J connectivity index is 3.00. The van der Waals surface area contributed by atoms with Crippen molar-refractivity contribution in [3.63, 3.8) is 0 Å². The zero-order chi connectivity index (χ0) is 12.2. The Morgan fingerprint density at radius 3 is 2.56 bits per heavy atom. The standard InChI is InChI=1S/C14H20O2/c1-5-14(4,16-6-2)13(15)12-9-7-8-11(3)10-12/h7-10H,5-6H2,1-4H3. The van der Waals surface area contributed by atoms with Gasteiger partial charge in [0, 0.05) is 12.2 Å². The Hall–Kier alpha value is -1.15. The summed E-state index contributed by atoms with van der Waals surface area (Å²) in [6.07, 6.45) is 0.688. The van der Waals surface area contributed by atoms with Crippen LogP contribution in [0.4, 0.5) is 0 Å². The number of ether oxygens (including phenoxy) is 1. The van der Waals surface area contributed by atoms with Gasteiger partial charge in [-0.25, -0.2) is 0 Å². The third-order valence-corrected chi connectivity index (χ3v) is 2.90. The third kappa shape index (κ3) is 2.70. The third-order valence-electron chi connectivity index (χ3n) is 2.90. The van der Waals surface area contributed by atoms with E-state index in [1.54, 1.807) is 0 Å². The van der Waals surface area contributed by atoms with Crippen LogP contribution >= 0.6 is 0 Å². The quantitative estimate of drug-likeness (QED) is 0.711. The molecular formula is C14H20O2. The lowest BCUT2D eigenvalue weighted by Crippen LogP contribution is -2.37. The molecule has 0 heterocycles. The molecule has 0 bridgehead atoms. The highest BCUT2D eigenvalue weighted by molar-refractivity contribution is 6.02. The van der Waals surface area contributed by atoms with Crippen LogP contribution in [0.1, 0.15) is 43.1 Å². The molecule has 1 unspecified atom stereocenters. The summed E-state index contributed by atoms with van der Waals surface area (Å²) in [5.41, 5.74) is 1.14. The lowest BCUT2D eigenvalue weighted by molar-refractivity contribution is -0.0116. The van der Waals surface area contributed by atoms with Crippen LogP contribution in [-0.2, 0) is 4.74 Å². The van der Waals surface area contributed by atoms with E-state index in [0.29, 0.717) is 13.0 Å². The van der Waals surface area contributed by atoms with E-state index in [-0.39, 0.29) is 5.78 Å². The SMILES string of the molecule is CCOC(C)(CC)C(=O)c1cccc(C)c1. The highest BCUT2D eigenvalue weighted by Gasteiger charge is 2.32. The van der Waals surface area contributed by atoms with E-state index in [2.05, 4.69) is 0 Å². The molecule has 0 aliphatic carbocycles. The fourth-order valence-electron chi connectivity index (χ4n) is 1.74. The van der Waals surface area contributed by atoms with Crippen molar-refractivity contribution in [2.45, 2.75) is 39.7 Å². The normalized spacial score (nSPS) is 14.5. The predicted molar refractivity (Wildman–Crippen MR) is 65.8 cm³/mol. The summed E-state index contributed by atoms with van der Waals surface area (Å²) in [4.78, 5) is 12.3. The molecule has 0 amide bonds. The second-order valence-corrected chi connectivity index (χ2v) is 4.22. The van der Waals surface area contributed by atoms with Crippen molar-refractivity contribution in [1.82, 2.24) is 0 Å². The molecule has 0 aromatic heterocycles. The number of aryl methyl sites for hydroxylation is 1. The average Bonchev–Trinajstić information content (AvgIpc) is 2.28. The summed E-state index contributed by atoms with van der Waals surface area (Å²) < 4.78 is 5.59. The maximum atomic E-state index is 12.3. The number of ketones is 1. The molecule has 1 rings (SSSR count). The molecule has 0 saturated carbocycles. The maximum absolute atomic E-state index is 12.3. The average molecular weight is 220 g/mol. The van der Waals surface area contributed by atoms with E-state index < -0.39 is 5.60 Å². The molecule has 0 saturated heterocycles. The summed E-state index contributed by atoms with van der Waals surface area (Å²) in [5.74, 6) is 0.0700. The molecule has 0 radical (unpaired) electrons. The van der Waals surface area contributed by atoms with Crippen molar-refractivity contribution in [3.8, 4) is 0 Å². The van der Waals surface area contributed by atoms with Gasteiger partial charge in [-0.2, -0.15) is 0 Å². The first kappa shape index (κ1) is 12.9. The second-order valence-electron chi connectivity index (χ2n) is 4.22. The van der Waals surface area contributed by atoms with Crippen LogP contribution in [-0.4, -0.2) is 18.0 Å². The lowest BCUT2D eigenvalue weighted by atomic mass is 9.91. The first-order valence-electron chi connectivity index (χ1n) is 5.79. The molecule has 2 heteroatoms. The van der Waals surface area contributed by atoms with Gasteiger partial charge in [-0.05, 0) is 33.3 Å². The van der Waals surface area contributed by atoms with E-state index in [9.17, 15) is 4.79 Å². The Morgan fingerprint density at radius 2 is 2.06 bits per heavy atom. The smallest absolute Gasteiger partial charge is 0.194 e. The lowest BCUT2D eigenvalue weighted by Gasteiger charge is -2.26. The molecule has 0 N–H and O–H groups in total. The summed E-state index contributed by atoms with van der Waals surface area (Å²) in [5, 5.41) is 0. The van der Waals surface area contributed by atoms with Crippen LogP contribution in [0.2, 0.25) is 0 Å². The van der Waals surface area contributed by atoms with E-state index in [0.717, 1.165) is 11.1 Å². The minimum absolute atomic E-state index is 0.0700. The number of hydrogen-bond acceptors (Lipinski definition) is 2. The summed E-state index contributed by atoms with van der Waals surface area (Å²) in [7, 11) is 0. The molecule has 1 aromatic carbocycles. The highest BCUT2D eigenvalue weighted by atomic mass is 16.5. The first-order valence-corrected chi connectivity index (χ1v) is 5.79. The Labute approximate surface area is 97.6 Å². The van der Waals surface area contributed by atoms with Crippen LogP contribution in [0.5, 0.6) is 0 Å². The fourth-order valence-corrected chi connectivity index (χ4v) is 1.74. The van der Waals surface area contributed by atoms with Crippen LogP contribution < -0.4 is 0 Å². The highest BCUT2D eigenvalue weighted by Crippen LogP contribution is 2.22. The first-order chi connectivity index (χ1) is 7.53. The summed E-state index contributed by atoms with van der Waals surface area (Å²) in [6, 6.07) is 7.66. The van der Waals surface area contributed by atoms with Gasteiger partial charge in [-0.15, -0.1) is 0 Å². The monoisotopic (exact) mass is 220 g/mol. The van der Waals surface area contributed by atoms with Crippen molar-refractivity contribution in [3.05, 3.63) is 35.4 Å². The van der Waals surface area contributed by atoms with Crippen molar-refractivity contribution >= 4 is 5.78 Å². The van der Waals surface area contributed by atoms with Crippen LogP contribution in [0.25, 0.3) is 0 Å². The number of carbonyl (C=O) groups is 1. The number of benzene rings is 1. The van der Waals surface area contributed by atoms with Gasteiger partial charge >= 0.3 is 0 Å². The van der Waals surface area contributed by atoms with Gasteiger partial charge in [0.2, 0.25) is 0 Å². The topological polar surface area (TPSA) is 26.3 Å². The number of hydrogen-bond donors (Lipinski definition) is 0. The summed E-state index contributed by atoms with van der Waals surface area (Å²) in [6.45, 7) is 8.30. The fraction of sp³-hybridized carbons (Fsp3) is 0.500. The van der Waals surface area contributed by atoms with E-state index in [1.165, 1.54) is 0 Å². The number of Topliss-reactive ketones (excluding diaryl/α,β-unsaturated/α-hetero) is 1. The van der Waals surface area contributed by atoms with Crippen LogP contribution in [0, 0.1) is 6.92 Å². The van der Waals surface area contributed by atoms with Gasteiger partial charge < -0.3 is 4.74 Å². The van der Waals surface area contributed by atoms with E-state index >= 15 is 0 Å². The molecule has 0 fully saturated rings. The predicted octanol–water partition coefficient (Wildman–Crippen LogP) is 3.38. The Kier molecular flexibility index (Phi) is 4.25. The number of carbonyl (C=O) groups excluding carboxylic acids is 1. The minimum Gasteiger partial charge on any atom is -0.367 e. The van der Waals surface area contributed by atoms with E-state index in [4.69, 9.17) is 4.74 Å². The van der Waals surface area contributed by atoms with Gasteiger partial charge in [0.25, 0.3) is 0 Å².